The van der Waals surface area contributed by atoms with Crippen molar-refractivity contribution in [1.29, 1.82) is 0 Å². The first-order valence-electron chi connectivity index (χ1n) is 11.2. The van der Waals surface area contributed by atoms with Crippen LogP contribution in [-0.2, 0) is 11.3 Å². The lowest BCUT2D eigenvalue weighted by Gasteiger charge is -2.21. The molecule has 4 rings (SSSR count). The molecule has 1 amide bonds. The summed E-state index contributed by atoms with van der Waals surface area (Å²) in [5, 5.41) is 6.24. The number of carbonyl (C=O) groups excluding carboxylic acids is 1. The number of methoxy groups -OCH3 is 1. The smallest absolute Gasteiger partial charge is 0.253 e. The van der Waals surface area contributed by atoms with Gasteiger partial charge >= 0.3 is 0 Å². The highest BCUT2D eigenvalue weighted by Gasteiger charge is 2.21. The van der Waals surface area contributed by atoms with Crippen LogP contribution in [0.25, 0.3) is 22.0 Å². The minimum Gasteiger partial charge on any atom is -0.383 e. The zero-order valence-electron chi connectivity index (χ0n) is 18.4. The quantitative estimate of drug-likeness (QED) is 0.503. The molecule has 0 bridgehead atoms. The van der Waals surface area contributed by atoms with E-state index in [0.717, 1.165) is 39.8 Å². The molecule has 1 fully saturated rings. The largest absolute Gasteiger partial charge is 0.383 e. The fourth-order valence-electron chi connectivity index (χ4n) is 4.39. The first-order valence-corrected chi connectivity index (χ1v) is 12.0. The summed E-state index contributed by atoms with van der Waals surface area (Å²) in [6.07, 6.45) is 6.34. The number of amides is 1. The van der Waals surface area contributed by atoms with Gasteiger partial charge in [-0.05, 0) is 31.7 Å². The Kier molecular flexibility index (Phi) is 7.20. The van der Waals surface area contributed by atoms with E-state index < -0.39 is 0 Å². The van der Waals surface area contributed by atoms with E-state index in [1.54, 1.807) is 18.4 Å². The van der Waals surface area contributed by atoms with Gasteiger partial charge in [0.15, 0.2) is 0 Å². The number of rotatable bonds is 8. The molecule has 2 aromatic heterocycles. The zero-order chi connectivity index (χ0) is 21.6. The van der Waals surface area contributed by atoms with Crippen molar-refractivity contribution in [2.75, 3.05) is 20.3 Å². The van der Waals surface area contributed by atoms with Crippen molar-refractivity contribution < 1.29 is 9.53 Å². The normalized spacial score (nSPS) is 14.6. The minimum absolute atomic E-state index is 0.0130. The minimum atomic E-state index is 0.0130. The average molecular weight is 438 g/mol. The number of nitrogens with one attached hydrogen (secondary N) is 1. The second kappa shape index (κ2) is 10.2. The summed E-state index contributed by atoms with van der Waals surface area (Å²) in [4.78, 5) is 17.9. The zero-order valence-corrected chi connectivity index (χ0v) is 19.2. The molecule has 1 aliphatic carbocycles. The molecule has 0 radical (unpaired) electrons. The van der Waals surface area contributed by atoms with Crippen LogP contribution in [0.15, 0.2) is 41.8 Å². The summed E-state index contributed by atoms with van der Waals surface area (Å²) >= 11 is 1.63. The summed E-state index contributed by atoms with van der Waals surface area (Å²) in [5.41, 5.74) is 4.67. The molecule has 6 heteroatoms. The first-order chi connectivity index (χ1) is 15.2. The Morgan fingerprint density at radius 1 is 1.23 bits per heavy atom. The molecule has 2 heterocycles. The van der Waals surface area contributed by atoms with E-state index in [2.05, 4.69) is 27.4 Å². The first kappa shape index (κ1) is 21.8. The maximum atomic E-state index is 13.0. The van der Waals surface area contributed by atoms with Crippen LogP contribution in [0.5, 0.6) is 0 Å². The van der Waals surface area contributed by atoms with Gasteiger partial charge in [-0.3, -0.25) is 4.79 Å². The van der Waals surface area contributed by atoms with Crippen molar-refractivity contribution in [1.82, 2.24) is 14.9 Å². The Morgan fingerprint density at radius 2 is 2.00 bits per heavy atom. The molecule has 0 atom stereocenters. The number of aromatic nitrogens is 2. The molecule has 0 unspecified atom stereocenters. The number of carbonyl (C=O) groups is 1. The van der Waals surface area contributed by atoms with Gasteiger partial charge in [0.2, 0.25) is 0 Å². The third-order valence-corrected chi connectivity index (χ3v) is 7.08. The Balaban J connectivity index is 1.58. The maximum absolute atomic E-state index is 13.0. The number of thiazole rings is 1. The molecule has 1 N–H and O–H groups in total. The van der Waals surface area contributed by atoms with Crippen molar-refractivity contribution in [3.63, 3.8) is 0 Å². The fourth-order valence-corrected chi connectivity index (χ4v) is 5.21. The van der Waals surface area contributed by atoms with Crippen molar-refractivity contribution in [3.8, 4) is 22.0 Å². The number of nitrogens with zero attached hydrogens (tertiary/aromatic N) is 2. The van der Waals surface area contributed by atoms with E-state index in [1.165, 1.54) is 32.1 Å². The van der Waals surface area contributed by atoms with Crippen LogP contribution in [0.4, 0.5) is 0 Å². The SMILES string of the molecule is COCCn1c(-c2csc(-c3ccccc3)n2)cc(C(=O)NCC2CCCCC2)c1C. The third-order valence-electron chi connectivity index (χ3n) is 6.19. The third kappa shape index (κ3) is 5.08. The fraction of sp³-hybridized carbons (Fsp3) is 0.440. The molecule has 1 aliphatic rings. The lowest BCUT2D eigenvalue weighted by molar-refractivity contribution is 0.0942. The van der Waals surface area contributed by atoms with E-state index in [4.69, 9.17) is 9.72 Å². The lowest BCUT2D eigenvalue weighted by Crippen LogP contribution is -2.30. The van der Waals surface area contributed by atoms with Gasteiger partial charge in [-0.15, -0.1) is 11.3 Å². The second-order valence-electron chi connectivity index (χ2n) is 8.29. The van der Waals surface area contributed by atoms with Crippen molar-refractivity contribution >= 4 is 17.2 Å². The van der Waals surface area contributed by atoms with E-state index in [1.807, 2.05) is 31.2 Å². The number of benzene rings is 1. The molecule has 31 heavy (non-hydrogen) atoms. The Labute approximate surface area is 188 Å². The van der Waals surface area contributed by atoms with Crippen LogP contribution in [0, 0.1) is 12.8 Å². The van der Waals surface area contributed by atoms with Gasteiger partial charge in [-0.1, -0.05) is 49.6 Å². The van der Waals surface area contributed by atoms with Crippen LogP contribution in [0.3, 0.4) is 0 Å². The molecular weight excluding hydrogens is 406 g/mol. The predicted octanol–water partition coefficient (Wildman–Crippen LogP) is 5.54. The molecule has 1 saturated carbocycles. The summed E-state index contributed by atoms with van der Waals surface area (Å²) in [7, 11) is 1.70. The van der Waals surface area contributed by atoms with E-state index in [9.17, 15) is 4.79 Å². The highest BCUT2D eigenvalue weighted by Crippen LogP contribution is 2.31. The number of hydrogen-bond donors (Lipinski definition) is 1. The summed E-state index contributed by atoms with van der Waals surface area (Å²) in [6, 6.07) is 12.2. The van der Waals surface area contributed by atoms with Gasteiger partial charge in [0.1, 0.15) is 5.01 Å². The van der Waals surface area contributed by atoms with Crippen LogP contribution < -0.4 is 5.32 Å². The van der Waals surface area contributed by atoms with Gasteiger partial charge in [0.05, 0.1) is 23.6 Å². The summed E-state index contributed by atoms with van der Waals surface area (Å²) in [5.74, 6) is 0.624. The van der Waals surface area contributed by atoms with Crippen molar-refractivity contribution in [2.45, 2.75) is 45.6 Å². The summed E-state index contributed by atoms with van der Waals surface area (Å²) < 4.78 is 7.48. The van der Waals surface area contributed by atoms with Crippen LogP contribution in [0.2, 0.25) is 0 Å². The van der Waals surface area contributed by atoms with E-state index >= 15 is 0 Å². The Morgan fingerprint density at radius 3 is 2.74 bits per heavy atom. The molecule has 0 spiro atoms. The standard InChI is InChI=1S/C25H31N3O2S/c1-18-21(24(29)26-16-19-9-5-3-6-10-19)15-23(28(18)13-14-30-2)22-17-31-25(27-22)20-11-7-4-8-12-20/h4,7-8,11-12,15,17,19H,3,5-6,9-10,13-14,16H2,1-2H3,(H,26,29). The molecule has 1 aromatic carbocycles. The monoisotopic (exact) mass is 437 g/mol. The Bertz CT molecular complexity index is 1000. The van der Waals surface area contributed by atoms with E-state index in [-0.39, 0.29) is 5.91 Å². The Hall–Kier alpha value is -2.44. The number of ether oxygens (including phenoxy) is 1. The van der Waals surface area contributed by atoms with Gasteiger partial charge in [-0.2, -0.15) is 0 Å². The highest BCUT2D eigenvalue weighted by molar-refractivity contribution is 7.13. The topological polar surface area (TPSA) is 56.2 Å². The van der Waals surface area contributed by atoms with Gasteiger partial charge in [0, 0.05) is 36.8 Å². The lowest BCUT2D eigenvalue weighted by atomic mass is 9.89. The maximum Gasteiger partial charge on any atom is 0.253 e. The molecule has 0 saturated heterocycles. The molecule has 0 aliphatic heterocycles. The molecular formula is C25H31N3O2S. The van der Waals surface area contributed by atoms with Gasteiger partial charge in [0.25, 0.3) is 5.91 Å². The predicted molar refractivity (Wildman–Crippen MR) is 126 cm³/mol. The van der Waals surface area contributed by atoms with Gasteiger partial charge in [-0.25, -0.2) is 4.98 Å². The second-order valence-corrected chi connectivity index (χ2v) is 9.15. The van der Waals surface area contributed by atoms with Crippen LogP contribution in [0.1, 0.15) is 48.2 Å². The number of hydrogen-bond acceptors (Lipinski definition) is 4. The summed E-state index contributed by atoms with van der Waals surface area (Å²) in [6.45, 7) is 4.05. The van der Waals surface area contributed by atoms with Crippen LogP contribution >= 0.6 is 11.3 Å². The van der Waals surface area contributed by atoms with Gasteiger partial charge < -0.3 is 14.6 Å². The van der Waals surface area contributed by atoms with E-state index in [0.29, 0.717) is 19.1 Å². The molecule has 3 aromatic rings. The molecule has 5 nitrogen and oxygen atoms in total. The molecule has 164 valence electrons. The average Bonchev–Trinajstić information content (AvgIpc) is 3.42. The highest BCUT2D eigenvalue weighted by atomic mass is 32.1. The van der Waals surface area contributed by atoms with Crippen molar-refractivity contribution in [3.05, 3.63) is 53.0 Å². The van der Waals surface area contributed by atoms with Crippen molar-refractivity contribution in [2.24, 2.45) is 5.92 Å². The van der Waals surface area contributed by atoms with Crippen LogP contribution in [-0.4, -0.2) is 35.7 Å².